The van der Waals surface area contributed by atoms with Crippen molar-refractivity contribution in [1.29, 1.82) is 0 Å². The summed E-state index contributed by atoms with van der Waals surface area (Å²) in [5.74, 6) is 0.222. The molecular formula is C12H15N3O2S. The molecule has 1 heterocycles. The smallest absolute Gasteiger partial charge is 0.153 e. The van der Waals surface area contributed by atoms with Gasteiger partial charge >= 0.3 is 0 Å². The number of H-pyrrole nitrogens is 1. The number of sulfone groups is 1. The summed E-state index contributed by atoms with van der Waals surface area (Å²) in [4.78, 5) is 0. The van der Waals surface area contributed by atoms with Crippen molar-refractivity contribution in [2.24, 2.45) is 0 Å². The lowest BCUT2D eigenvalue weighted by atomic mass is 10.0. The molecule has 2 rings (SSSR count). The van der Waals surface area contributed by atoms with Crippen molar-refractivity contribution >= 4 is 15.7 Å². The third-order valence-electron chi connectivity index (χ3n) is 2.58. The second kappa shape index (κ2) is 4.45. The maximum Gasteiger partial charge on any atom is 0.153 e. The highest BCUT2D eigenvalue weighted by atomic mass is 32.2. The van der Waals surface area contributed by atoms with Crippen LogP contribution in [0.4, 0.5) is 5.82 Å². The highest BCUT2D eigenvalue weighted by Crippen LogP contribution is 2.29. The van der Waals surface area contributed by atoms with Gasteiger partial charge in [0, 0.05) is 11.8 Å². The number of hydrogen-bond acceptors (Lipinski definition) is 4. The van der Waals surface area contributed by atoms with Crippen LogP contribution in [0.15, 0.2) is 24.3 Å². The van der Waals surface area contributed by atoms with E-state index >= 15 is 0 Å². The molecule has 0 fully saturated rings. The van der Waals surface area contributed by atoms with Crippen molar-refractivity contribution < 1.29 is 8.42 Å². The lowest BCUT2D eigenvalue weighted by molar-refractivity contribution is 0.600. The molecule has 0 saturated carbocycles. The Kier molecular flexibility index (Phi) is 3.13. The van der Waals surface area contributed by atoms with Crippen molar-refractivity contribution in [1.82, 2.24) is 10.2 Å². The van der Waals surface area contributed by atoms with Gasteiger partial charge in [-0.3, -0.25) is 5.10 Å². The average Bonchev–Trinajstić information content (AvgIpc) is 2.57. The molecule has 0 aliphatic rings. The van der Waals surface area contributed by atoms with E-state index in [1.807, 2.05) is 31.2 Å². The normalized spacial score (nSPS) is 11.7. The number of hydrogen-bond donors (Lipinski definition) is 2. The van der Waals surface area contributed by atoms with E-state index in [1.54, 1.807) is 0 Å². The van der Waals surface area contributed by atoms with Gasteiger partial charge < -0.3 is 5.73 Å². The van der Waals surface area contributed by atoms with Gasteiger partial charge in [-0.1, -0.05) is 29.8 Å². The molecule has 96 valence electrons. The minimum absolute atomic E-state index is 0.0968. The number of aromatic nitrogens is 2. The maximum absolute atomic E-state index is 11.4. The Hall–Kier alpha value is -1.82. The van der Waals surface area contributed by atoms with Crippen LogP contribution in [-0.2, 0) is 15.6 Å². The summed E-state index contributed by atoms with van der Waals surface area (Å²) in [6, 6.07) is 7.71. The summed E-state index contributed by atoms with van der Waals surface area (Å²) >= 11 is 0. The molecule has 0 bridgehead atoms. The molecule has 0 radical (unpaired) electrons. The monoisotopic (exact) mass is 265 g/mol. The fraction of sp³-hybridized carbons (Fsp3) is 0.250. The summed E-state index contributed by atoms with van der Waals surface area (Å²) in [5, 5.41) is 6.59. The van der Waals surface area contributed by atoms with Crippen molar-refractivity contribution in [3.8, 4) is 11.1 Å². The number of rotatable bonds is 3. The third kappa shape index (κ3) is 2.70. The van der Waals surface area contributed by atoms with Gasteiger partial charge in [-0.2, -0.15) is 5.10 Å². The number of benzene rings is 1. The first-order valence-corrected chi connectivity index (χ1v) is 7.50. The second-order valence-electron chi connectivity index (χ2n) is 4.40. The average molecular weight is 265 g/mol. The van der Waals surface area contributed by atoms with Gasteiger partial charge in [0.25, 0.3) is 0 Å². The summed E-state index contributed by atoms with van der Waals surface area (Å²) in [7, 11) is -3.13. The first-order valence-electron chi connectivity index (χ1n) is 5.44. The molecule has 3 N–H and O–H groups in total. The Balaban J connectivity index is 2.54. The highest BCUT2D eigenvalue weighted by molar-refractivity contribution is 7.89. The Morgan fingerprint density at radius 1 is 1.39 bits per heavy atom. The maximum atomic E-state index is 11.4. The summed E-state index contributed by atoms with van der Waals surface area (Å²) in [5.41, 5.74) is 8.96. The van der Waals surface area contributed by atoms with Gasteiger partial charge in [-0.05, 0) is 12.5 Å². The van der Waals surface area contributed by atoms with E-state index in [-0.39, 0.29) is 5.75 Å². The van der Waals surface area contributed by atoms with Crippen LogP contribution >= 0.6 is 0 Å². The Labute approximate surface area is 106 Å². The fourth-order valence-corrected chi connectivity index (χ4v) is 2.62. The molecule has 6 heteroatoms. The molecule has 1 aromatic carbocycles. The Morgan fingerprint density at radius 2 is 2.11 bits per heavy atom. The molecule has 1 aromatic heterocycles. The number of nitrogens with one attached hydrogen (secondary N) is 1. The van der Waals surface area contributed by atoms with Crippen LogP contribution in [-0.4, -0.2) is 24.9 Å². The molecule has 0 spiro atoms. The molecule has 0 amide bonds. The zero-order valence-electron chi connectivity index (χ0n) is 10.3. The largest absolute Gasteiger partial charge is 0.382 e. The second-order valence-corrected chi connectivity index (χ2v) is 6.54. The zero-order chi connectivity index (χ0) is 13.3. The van der Waals surface area contributed by atoms with Crippen LogP contribution in [0.1, 0.15) is 11.3 Å². The lowest BCUT2D eigenvalue weighted by Gasteiger charge is -2.04. The topological polar surface area (TPSA) is 88.8 Å². The number of aromatic amines is 1. The van der Waals surface area contributed by atoms with Gasteiger partial charge in [-0.15, -0.1) is 0 Å². The van der Waals surface area contributed by atoms with Crippen molar-refractivity contribution in [2.45, 2.75) is 12.7 Å². The minimum atomic E-state index is -3.13. The SMILES string of the molecule is Cc1cccc(-c2c(N)n[nH]c2CS(C)(=O)=O)c1. The van der Waals surface area contributed by atoms with Crippen molar-refractivity contribution in [2.75, 3.05) is 12.0 Å². The first kappa shape index (κ1) is 12.6. The van der Waals surface area contributed by atoms with E-state index in [2.05, 4.69) is 10.2 Å². The van der Waals surface area contributed by atoms with E-state index in [0.717, 1.165) is 11.1 Å². The predicted octanol–water partition coefficient (Wildman–Crippen LogP) is 1.51. The number of nitrogens with zero attached hydrogens (tertiary/aromatic N) is 1. The standard InChI is InChI=1S/C12H15N3O2S/c1-8-4-3-5-9(6-8)11-10(7-18(2,16)17)14-15-12(11)13/h3-6H,7H2,1-2H3,(H3,13,14,15). The van der Waals surface area contributed by atoms with Gasteiger partial charge in [0.05, 0.1) is 11.4 Å². The van der Waals surface area contributed by atoms with E-state index < -0.39 is 9.84 Å². The quantitative estimate of drug-likeness (QED) is 0.880. The summed E-state index contributed by atoms with van der Waals surface area (Å²) in [6.07, 6.45) is 1.18. The lowest BCUT2D eigenvalue weighted by Crippen LogP contribution is -2.02. The minimum Gasteiger partial charge on any atom is -0.382 e. The number of aryl methyl sites for hydroxylation is 1. The molecule has 0 saturated heterocycles. The van der Waals surface area contributed by atoms with Crippen LogP contribution in [0, 0.1) is 6.92 Å². The number of nitrogen functional groups attached to an aromatic ring is 1. The van der Waals surface area contributed by atoms with E-state index in [1.165, 1.54) is 6.26 Å². The Morgan fingerprint density at radius 3 is 2.72 bits per heavy atom. The summed E-state index contributed by atoms with van der Waals surface area (Å²) in [6.45, 7) is 1.97. The van der Waals surface area contributed by atoms with Crippen LogP contribution in [0.3, 0.4) is 0 Å². The van der Waals surface area contributed by atoms with E-state index in [9.17, 15) is 8.42 Å². The fourth-order valence-electron chi connectivity index (χ4n) is 1.88. The summed E-state index contributed by atoms with van der Waals surface area (Å²) < 4.78 is 22.7. The van der Waals surface area contributed by atoms with Gasteiger partial charge in [0.2, 0.25) is 0 Å². The van der Waals surface area contributed by atoms with Crippen LogP contribution in [0.2, 0.25) is 0 Å². The van der Waals surface area contributed by atoms with E-state index in [4.69, 9.17) is 5.73 Å². The van der Waals surface area contributed by atoms with Gasteiger partial charge in [0.1, 0.15) is 0 Å². The van der Waals surface area contributed by atoms with Gasteiger partial charge in [-0.25, -0.2) is 8.42 Å². The van der Waals surface area contributed by atoms with Crippen LogP contribution < -0.4 is 5.73 Å². The molecule has 18 heavy (non-hydrogen) atoms. The van der Waals surface area contributed by atoms with Crippen LogP contribution in [0.5, 0.6) is 0 Å². The highest BCUT2D eigenvalue weighted by Gasteiger charge is 2.16. The molecule has 5 nitrogen and oxygen atoms in total. The third-order valence-corrected chi connectivity index (χ3v) is 3.40. The van der Waals surface area contributed by atoms with Crippen molar-refractivity contribution in [3.05, 3.63) is 35.5 Å². The first-order chi connectivity index (χ1) is 8.37. The molecule has 0 aliphatic carbocycles. The van der Waals surface area contributed by atoms with E-state index in [0.29, 0.717) is 17.1 Å². The van der Waals surface area contributed by atoms with Gasteiger partial charge in [0.15, 0.2) is 15.7 Å². The number of anilines is 1. The molecule has 0 aliphatic heterocycles. The number of nitrogens with two attached hydrogens (primary N) is 1. The molecular weight excluding hydrogens is 250 g/mol. The molecule has 0 unspecified atom stereocenters. The predicted molar refractivity (Wildman–Crippen MR) is 71.7 cm³/mol. The molecule has 0 atom stereocenters. The Bertz CT molecular complexity index is 674. The molecule has 2 aromatic rings. The van der Waals surface area contributed by atoms with Crippen LogP contribution in [0.25, 0.3) is 11.1 Å². The zero-order valence-corrected chi connectivity index (χ0v) is 11.1. The van der Waals surface area contributed by atoms with Crippen molar-refractivity contribution in [3.63, 3.8) is 0 Å².